The zero-order valence-electron chi connectivity index (χ0n) is 13.7. The van der Waals surface area contributed by atoms with Gasteiger partial charge in [0.2, 0.25) is 0 Å². The number of nitrogens with one attached hydrogen (secondary N) is 1. The van der Waals surface area contributed by atoms with Crippen LogP contribution in [0.4, 0.5) is 11.5 Å². The van der Waals surface area contributed by atoms with Gasteiger partial charge in [0.25, 0.3) is 5.91 Å². The van der Waals surface area contributed by atoms with Crippen molar-refractivity contribution in [2.24, 2.45) is 0 Å². The summed E-state index contributed by atoms with van der Waals surface area (Å²) in [5.74, 6) is 1.11. The van der Waals surface area contributed by atoms with Crippen LogP contribution in [-0.4, -0.2) is 42.2 Å². The van der Waals surface area contributed by atoms with E-state index in [1.807, 2.05) is 25.1 Å². The molecule has 1 fully saturated rings. The third kappa shape index (κ3) is 3.91. The van der Waals surface area contributed by atoms with Crippen LogP contribution in [0.2, 0.25) is 0 Å². The first kappa shape index (κ1) is 16.9. The largest absolute Gasteiger partial charge is 0.378 e. The van der Waals surface area contributed by atoms with Crippen LogP contribution < -0.4 is 10.2 Å². The first-order chi connectivity index (χ1) is 11.5. The van der Waals surface area contributed by atoms with E-state index in [0.29, 0.717) is 24.7 Å². The van der Waals surface area contributed by atoms with Gasteiger partial charge in [-0.25, -0.2) is 9.97 Å². The standard InChI is InChI=1S/C17H19BrN4O2/c1-11-9-13(3-4-14(11)18)21-17(23)15-10-16(20-12(2)19-15)22-5-7-24-8-6-22/h3-4,9-10H,5-8H2,1-2H3,(H,21,23). The molecular formula is C17H19BrN4O2. The van der Waals surface area contributed by atoms with E-state index in [4.69, 9.17) is 4.74 Å². The normalized spacial score (nSPS) is 14.5. The highest BCUT2D eigenvalue weighted by Crippen LogP contribution is 2.21. The molecule has 1 aromatic carbocycles. The molecule has 24 heavy (non-hydrogen) atoms. The van der Waals surface area contributed by atoms with E-state index in [9.17, 15) is 4.79 Å². The second-order valence-corrected chi connectivity index (χ2v) is 6.53. The second-order valence-electron chi connectivity index (χ2n) is 5.68. The number of hydrogen-bond donors (Lipinski definition) is 1. The summed E-state index contributed by atoms with van der Waals surface area (Å²) in [5, 5.41) is 2.89. The Bertz CT molecular complexity index is 760. The Balaban J connectivity index is 1.81. The van der Waals surface area contributed by atoms with Crippen LogP contribution in [0.25, 0.3) is 0 Å². The maximum atomic E-state index is 12.5. The number of amides is 1. The zero-order chi connectivity index (χ0) is 17.1. The fraction of sp³-hybridized carbons (Fsp3) is 0.353. The highest BCUT2D eigenvalue weighted by Gasteiger charge is 2.17. The van der Waals surface area contributed by atoms with Gasteiger partial charge in [0, 0.05) is 29.3 Å². The molecule has 1 aliphatic rings. The van der Waals surface area contributed by atoms with Crippen LogP contribution in [0.1, 0.15) is 21.9 Å². The molecule has 7 heteroatoms. The molecular weight excluding hydrogens is 372 g/mol. The van der Waals surface area contributed by atoms with E-state index < -0.39 is 0 Å². The number of aryl methyl sites for hydroxylation is 2. The number of carbonyl (C=O) groups is 1. The van der Waals surface area contributed by atoms with E-state index in [-0.39, 0.29) is 5.91 Å². The van der Waals surface area contributed by atoms with Crippen molar-refractivity contribution in [2.75, 3.05) is 36.5 Å². The smallest absolute Gasteiger partial charge is 0.274 e. The summed E-state index contributed by atoms with van der Waals surface area (Å²) < 4.78 is 6.37. The van der Waals surface area contributed by atoms with Crippen LogP contribution in [0.5, 0.6) is 0 Å². The molecule has 2 heterocycles. The number of morpholine rings is 1. The van der Waals surface area contributed by atoms with Crippen molar-refractivity contribution >= 4 is 33.3 Å². The number of hydrogen-bond acceptors (Lipinski definition) is 5. The zero-order valence-corrected chi connectivity index (χ0v) is 15.3. The highest BCUT2D eigenvalue weighted by atomic mass is 79.9. The van der Waals surface area contributed by atoms with Crippen LogP contribution in [0, 0.1) is 13.8 Å². The quantitative estimate of drug-likeness (QED) is 0.872. The third-order valence-corrected chi connectivity index (χ3v) is 4.70. The van der Waals surface area contributed by atoms with E-state index >= 15 is 0 Å². The molecule has 0 aliphatic carbocycles. The van der Waals surface area contributed by atoms with Crippen molar-refractivity contribution in [3.8, 4) is 0 Å². The van der Waals surface area contributed by atoms with Crippen molar-refractivity contribution < 1.29 is 9.53 Å². The lowest BCUT2D eigenvalue weighted by Crippen LogP contribution is -2.37. The van der Waals surface area contributed by atoms with Crippen LogP contribution in [0.3, 0.4) is 0 Å². The molecule has 1 amide bonds. The maximum Gasteiger partial charge on any atom is 0.274 e. The molecule has 0 bridgehead atoms. The first-order valence-electron chi connectivity index (χ1n) is 7.79. The SMILES string of the molecule is Cc1nc(C(=O)Nc2ccc(Br)c(C)c2)cc(N2CCOCC2)n1. The van der Waals surface area contributed by atoms with Crippen LogP contribution >= 0.6 is 15.9 Å². The summed E-state index contributed by atoms with van der Waals surface area (Å²) in [6, 6.07) is 7.42. The molecule has 3 rings (SSSR count). The van der Waals surface area contributed by atoms with Gasteiger partial charge in [0.1, 0.15) is 17.3 Å². The Labute approximate surface area is 149 Å². The monoisotopic (exact) mass is 390 g/mol. The summed E-state index contributed by atoms with van der Waals surface area (Å²) in [6.07, 6.45) is 0. The second kappa shape index (κ2) is 7.27. The topological polar surface area (TPSA) is 67.4 Å². The number of aromatic nitrogens is 2. The van der Waals surface area contributed by atoms with Crippen molar-refractivity contribution in [1.29, 1.82) is 0 Å². The summed E-state index contributed by atoms with van der Waals surface area (Å²) in [5.41, 5.74) is 2.16. The van der Waals surface area contributed by atoms with Crippen molar-refractivity contribution in [2.45, 2.75) is 13.8 Å². The van der Waals surface area contributed by atoms with Crippen LogP contribution in [0.15, 0.2) is 28.7 Å². The van der Waals surface area contributed by atoms with Crippen molar-refractivity contribution in [3.63, 3.8) is 0 Å². The fourth-order valence-corrected chi connectivity index (χ4v) is 2.79. The number of ether oxygens (including phenoxy) is 1. The molecule has 0 unspecified atom stereocenters. The minimum Gasteiger partial charge on any atom is -0.378 e. The minimum absolute atomic E-state index is 0.239. The predicted molar refractivity (Wildman–Crippen MR) is 96.6 cm³/mol. The van der Waals surface area contributed by atoms with Gasteiger partial charge in [0.15, 0.2) is 0 Å². The Morgan fingerprint density at radius 1 is 1.21 bits per heavy atom. The van der Waals surface area contributed by atoms with E-state index in [1.165, 1.54) is 0 Å². The maximum absolute atomic E-state index is 12.5. The lowest BCUT2D eigenvalue weighted by molar-refractivity contribution is 0.102. The lowest BCUT2D eigenvalue weighted by Gasteiger charge is -2.28. The third-order valence-electron chi connectivity index (χ3n) is 3.81. The molecule has 1 aromatic heterocycles. The number of carbonyl (C=O) groups excluding carboxylic acids is 1. The average molecular weight is 391 g/mol. The van der Waals surface area contributed by atoms with E-state index in [2.05, 4.69) is 36.1 Å². The summed E-state index contributed by atoms with van der Waals surface area (Å²) in [6.45, 7) is 6.65. The number of rotatable bonds is 3. The molecule has 126 valence electrons. The van der Waals surface area contributed by atoms with Crippen molar-refractivity contribution in [1.82, 2.24) is 9.97 Å². The van der Waals surface area contributed by atoms with Gasteiger partial charge in [-0.1, -0.05) is 15.9 Å². The molecule has 0 radical (unpaired) electrons. The molecule has 0 atom stereocenters. The lowest BCUT2D eigenvalue weighted by atomic mass is 10.2. The van der Waals surface area contributed by atoms with Gasteiger partial charge in [-0.05, 0) is 37.6 Å². The fourth-order valence-electron chi connectivity index (χ4n) is 2.54. The minimum atomic E-state index is -0.239. The van der Waals surface area contributed by atoms with Gasteiger partial charge >= 0.3 is 0 Å². The average Bonchev–Trinajstić information content (AvgIpc) is 2.58. The molecule has 0 saturated carbocycles. The first-order valence-corrected chi connectivity index (χ1v) is 8.58. The number of benzene rings is 1. The molecule has 1 aliphatic heterocycles. The van der Waals surface area contributed by atoms with Gasteiger partial charge in [-0.3, -0.25) is 4.79 Å². The molecule has 2 aromatic rings. The molecule has 6 nitrogen and oxygen atoms in total. The molecule has 0 spiro atoms. The predicted octanol–water partition coefficient (Wildman–Crippen LogP) is 2.94. The Hall–Kier alpha value is -1.99. The Morgan fingerprint density at radius 3 is 2.67 bits per heavy atom. The summed E-state index contributed by atoms with van der Waals surface area (Å²) in [7, 11) is 0. The summed E-state index contributed by atoms with van der Waals surface area (Å²) in [4.78, 5) is 23.4. The number of anilines is 2. The number of halogens is 1. The Morgan fingerprint density at radius 2 is 1.96 bits per heavy atom. The van der Waals surface area contributed by atoms with Gasteiger partial charge < -0.3 is 15.0 Å². The van der Waals surface area contributed by atoms with Gasteiger partial charge in [-0.15, -0.1) is 0 Å². The summed E-state index contributed by atoms with van der Waals surface area (Å²) >= 11 is 3.45. The molecule has 1 N–H and O–H groups in total. The van der Waals surface area contributed by atoms with E-state index in [0.717, 1.165) is 34.6 Å². The highest BCUT2D eigenvalue weighted by molar-refractivity contribution is 9.10. The van der Waals surface area contributed by atoms with Crippen LogP contribution in [-0.2, 0) is 4.74 Å². The Kier molecular flexibility index (Phi) is 5.11. The van der Waals surface area contributed by atoms with E-state index in [1.54, 1.807) is 13.0 Å². The van der Waals surface area contributed by atoms with Gasteiger partial charge in [-0.2, -0.15) is 0 Å². The van der Waals surface area contributed by atoms with Gasteiger partial charge in [0.05, 0.1) is 13.2 Å². The number of nitrogens with zero attached hydrogens (tertiary/aromatic N) is 3. The molecule has 1 saturated heterocycles. The van der Waals surface area contributed by atoms with Crippen molar-refractivity contribution in [3.05, 3.63) is 45.8 Å².